The highest BCUT2D eigenvalue weighted by Gasteiger charge is 2.16. The Bertz CT molecular complexity index is 540. The Labute approximate surface area is 92.0 Å². The third-order valence-electron chi connectivity index (χ3n) is 1.87. The number of aromatic nitrogens is 3. The van der Waals surface area contributed by atoms with Gasteiger partial charge in [0.25, 0.3) is 0 Å². The molecule has 0 unspecified atom stereocenters. The van der Waals surface area contributed by atoms with Crippen molar-refractivity contribution in [3.05, 3.63) is 28.8 Å². The monoisotopic (exact) mass is 273 g/mol. The van der Waals surface area contributed by atoms with E-state index in [0.29, 0.717) is 0 Å². The predicted octanol–water partition coefficient (Wildman–Crippen LogP) is 1.42. The van der Waals surface area contributed by atoms with Crippen LogP contribution < -0.4 is 0 Å². The normalized spacial score (nSPS) is 10.6. The molecule has 2 heterocycles. The van der Waals surface area contributed by atoms with Crippen LogP contribution in [0.25, 0.3) is 5.52 Å². The molecule has 0 fully saturated rings. The van der Waals surface area contributed by atoms with Gasteiger partial charge in [-0.3, -0.25) is 4.40 Å². The molecule has 2 rings (SSSR count). The lowest BCUT2D eigenvalue weighted by atomic mass is 10.4. The van der Waals surface area contributed by atoms with Crippen LogP contribution in [0.5, 0.6) is 0 Å². The van der Waals surface area contributed by atoms with E-state index >= 15 is 0 Å². The first-order valence-corrected chi connectivity index (χ1v) is 4.70. The van der Waals surface area contributed by atoms with E-state index in [2.05, 4.69) is 30.6 Å². The fraction of sp³-hybridized carbons (Fsp3) is 0.125. The van der Waals surface area contributed by atoms with Crippen molar-refractivity contribution in [1.29, 1.82) is 0 Å². The summed E-state index contributed by atoms with van der Waals surface area (Å²) >= 11 is 2.93. The van der Waals surface area contributed by atoms with Gasteiger partial charge in [-0.1, -0.05) is 0 Å². The van der Waals surface area contributed by atoms with Crippen LogP contribution >= 0.6 is 15.9 Å². The second kappa shape index (κ2) is 3.58. The molecular formula is C8H5BrFN3O2. The lowest BCUT2D eigenvalue weighted by Crippen LogP contribution is -2.03. The summed E-state index contributed by atoms with van der Waals surface area (Å²) in [6.07, 6.45) is 2.54. The zero-order valence-corrected chi connectivity index (χ0v) is 9.15. The first-order chi connectivity index (χ1) is 7.15. The van der Waals surface area contributed by atoms with Crippen LogP contribution in [0.4, 0.5) is 4.39 Å². The number of imidazole rings is 1. The van der Waals surface area contributed by atoms with Gasteiger partial charge in [-0.15, -0.1) is 0 Å². The van der Waals surface area contributed by atoms with Gasteiger partial charge in [-0.25, -0.2) is 14.8 Å². The molecule has 0 N–H and O–H groups in total. The molecule has 2 aromatic rings. The van der Waals surface area contributed by atoms with Crippen LogP contribution in [0.2, 0.25) is 0 Å². The van der Waals surface area contributed by atoms with Gasteiger partial charge in [0.15, 0.2) is 10.3 Å². The van der Waals surface area contributed by atoms with Crippen molar-refractivity contribution in [2.24, 2.45) is 0 Å². The fourth-order valence-electron chi connectivity index (χ4n) is 1.16. The minimum atomic E-state index is -0.624. The lowest BCUT2D eigenvalue weighted by molar-refractivity contribution is 0.0597. The maximum Gasteiger partial charge on any atom is 0.358 e. The Morgan fingerprint density at radius 1 is 1.60 bits per heavy atom. The van der Waals surface area contributed by atoms with Crippen molar-refractivity contribution in [2.75, 3.05) is 7.11 Å². The van der Waals surface area contributed by atoms with Crippen LogP contribution in [-0.2, 0) is 4.74 Å². The van der Waals surface area contributed by atoms with E-state index in [1.165, 1.54) is 19.6 Å². The molecule has 7 heteroatoms. The van der Waals surface area contributed by atoms with Crippen molar-refractivity contribution in [1.82, 2.24) is 14.4 Å². The van der Waals surface area contributed by atoms with Crippen molar-refractivity contribution in [2.45, 2.75) is 0 Å². The molecule has 0 amide bonds. The van der Waals surface area contributed by atoms with Gasteiger partial charge in [0.2, 0.25) is 5.95 Å². The maximum atomic E-state index is 13.4. The van der Waals surface area contributed by atoms with Gasteiger partial charge in [-0.05, 0) is 15.9 Å². The van der Waals surface area contributed by atoms with Gasteiger partial charge in [-0.2, -0.15) is 4.39 Å². The number of rotatable bonds is 1. The van der Waals surface area contributed by atoms with Crippen LogP contribution in [0.15, 0.2) is 17.1 Å². The Kier molecular flexibility index (Phi) is 2.39. The molecule has 0 bridgehead atoms. The van der Waals surface area contributed by atoms with Crippen LogP contribution in [0.1, 0.15) is 10.5 Å². The van der Waals surface area contributed by atoms with Crippen LogP contribution in [-0.4, -0.2) is 27.4 Å². The lowest BCUT2D eigenvalue weighted by Gasteiger charge is -1.98. The van der Waals surface area contributed by atoms with E-state index in [4.69, 9.17) is 0 Å². The summed E-state index contributed by atoms with van der Waals surface area (Å²) in [7, 11) is 1.23. The highest BCUT2D eigenvalue weighted by molar-refractivity contribution is 9.10. The van der Waals surface area contributed by atoms with Gasteiger partial charge < -0.3 is 4.74 Å². The van der Waals surface area contributed by atoms with E-state index in [0.717, 1.165) is 4.40 Å². The van der Waals surface area contributed by atoms with Crippen molar-refractivity contribution in [3.63, 3.8) is 0 Å². The van der Waals surface area contributed by atoms with Gasteiger partial charge >= 0.3 is 5.97 Å². The average molecular weight is 274 g/mol. The maximum absolute atomic E-state index is 13.4. The summed E-state index contributed by atoms with van der Waals surface area (Å²) in [4.78, 5) is 18.7. The van der Waals surface area contributed by atoms with Crippen molar-refractivity contribution in [3.8, 4) is 0 Å². The minimum absolute atomic E-state index is 0.0383. The Morgan fingerprint density at radius 2 is 2.33 bits per heavy atom. The number of fused-ring (bicyclic) bond motifs is 1. The average Bonchev–Trinajstić information content (AvgIpc) is 2.66. The zero-order valence-electron chi connectivity index (χ0n) is 7.57. The quantitative estimate of drug-likeness (QED) is 0.738. The predicted molar refractivity (Wildman–Crippen MR) is 52.0 cm³/mol. The molecule has 0 radical (unpaired) electrons. The second-order valence-corrected chi connectivity index (χ2v) is 3.43. The van der Waals surface area contributed by atoms with E-state index in [1.54, 1.807) is 0 Å². The molecule has 0 aliphatic carbocycles. The van der Waals surface area contributed by atoms with Gasteiger partial charge in [0.05, 0.1) is 13.3 Å². The Morgan fingerprint density at radius 3 is 3.00 bits per heavy atom. The fourth-order valence-corrected chi connectivity index (χ4v) is 1.46. The number of methoxy groups -OCH3 is 1. The molecule has 2 aromatic heterocycles. The van der Waals surface area contributed by atoms with Crippen molar-refractivity contribution >= 4 is 27.4 Å². The van der Waals surface area contributed by atoms with Crippen LogP contribution in [0, 0.1) is 5.95 Å². The summed E-state index contributed by atoms with van der Waals surface area (Å²) in [5, 5.41) is 0. The number of ether oxygens (including phenoxy) is 1. The van der Waals surface area contributed by atoms with E-state index < -0.39 is 11.9 Å². The number of hydrogen-bond donors (Lipinski definition) is 0. The Hall–Kier alpha value is -1.50. The highest BCUT2D eigenvalue weighted by Crippen LogP contribution is 2.16. The number of carbonyl (C=O) groups excluding carboxylic acids is 1. The summed E-state index contributed by atoms with van der Waals surface area (Å²) in [5.74, 6) is -1.24. The molecule has 78 valence electrons. The van der Waals surface area contributed by atoms with Crippen LogP contribution in [0.3, 0.4) is 0 Å². The smallest absolute Gasteiger partial charge is 0.358 e. The molecule has 5 nitrogen and oxygen atoms in total. The third kappa shape index (κ3) is 1.48. The molecular weight excluding hydrogens is 269 g/mol. The number of halogens is 2. The Balaban J connectivity index is 2.72. The van der Waals surface area contributed by atoms with E-state index in [9.17, 15) is 9.18 Å². The number of hydrogen-bond acceptors (Lipinski definition) is 4. The second-order valence-electron chi connectivity index (χ2n) is 2.68. The number of carbonyl (C=O) groups is 1. The van der Waals surface area contributed by atoms with Gasteiger partial charge in [0, 0.05) is 0 Å². The minimum Gasteiger partial charge on any atom is -0.464 e. The highest BCUT2D eigenvalue weighted by atomic mass is 79.9. The topological polar surface area (TPSA) is 56.5 Å². The van der Waals surface area contributed by atoms with Crippen molar-refractivity contribution < 1.29 is 13.9 Å². The molecule has 0 spiro atoms. The SMILES string of the molecule is COC(=O)c1ncn2c(F)c(Br)ncc12. The van der Waals surface area contributed by atoms with E-state index in [-0.39, 0.29) is 15.8 Å². The standard InChI is InChI=1S/C8H5BrFN3O2/c1-15-8(14)5-4-2-11-6(9)7(10)13(4)3-12-5/h2-3H,1H3. The molecule has 0 atom stereocenters. The summed E-state index contributed by atoms with van der Waals surface area (Å²) in [6, 6.07) is 0. The number of nitrogens with zero attached hydrogens (tertiary/aromatic N) is 3. The zero-order chi connectivity index (χ0) is 11.0. The molecule has 0 aliphatic rings. The first kappa shape index (κ1) is 10.0. The first-order valence-electron chi connectivity index (χ1n) is 3.90. The van der Waals surface area contributed by atoms with Gasteiger partial charge in [0.1, 0.15) is 11.8 Å². The van der Waals surface area contributed by atoms with E-state index in [1.807, 2.05) is 0 Å². The summed E-state index contributed by atoms with van der Waals surface area (Å²) in [6.45, 7) is 0. The molecule has 0 aliphatic heterocycles. The molecule has 0 saturated heterocycles. The summed E-state index contributed by atoms with van der Waals surface area (Å²) in [5.41, 5.74) is 0.305. The largest absolute Gasteiger partial charge is 0.464 e. The molecule has 0 aromatic carbocycles. The molecule has 0 saturated carbocycles. The third-order valence-corrected chi connectivity index (χ3v) is 2.40. The molecule has 15 heavy (non-hydrogen) atoms. The number of esters is 1. The summed E-state index contributed by atoms with van der Waals surface area (Å²) < 4.78 is 19.1.